The summed E-state index contributed by atoms with van der Waals surface area (Å²) in [6, 6.07) is 3.90. The number of imidazole rings is 1. The van der Waals surface area contributed by atoms with Crippen LogP contribution in [0.5, 0.6) is 0 Å². The normalized spacial score (nSPS) is 12.2. The van der Waals surface area contributed by atoms with Crippen molar-refractivity contribution >= 4 is 34.6 Å². The molecule has 3 aromatic heterocycles. The number of aliphatic hydroxyl groups excluding tert-OH is 1. The van der Waals surface area contributed by atoms with Crippen molar-refractivity contribution in [2.45, 2.75) is 39.8 Å². The number of carbonyl (C=O) groups excluding carboxylic acids is 1. The smallest absolute Gasteiger partial charge is 0.336 e. The summed E-state index contributed by atoms with van der Waals surface area (Å²) >= 11 is 0. The van der Waals surface area contributed by atoms with Crippen molar-refractivity contribution in [3.8, 4) is 0 Å². The lowest BCUT2D eigenvalue weighted by molar-refractivity contribution is -0.152. The lowest BCUT2D eigenvalue weighted by Crippen LogP contribution is -2.30. The second-order valence-corrected chi connectivity index (χ2v) is 6.72. The molecule has 3 heterocycles. The molecule has 1 atom stereocenters. The van der Waals surface area contributed by atoms with Gasteiger partial charge in [-0.2, -0.15) is 4.98 Å². The molecule has 0 amide bonds. The van der Waals surface area contributed by atoms with Gasteiger partial charge in [-0.3, -0.25) is 0 Å². The maximum absolute atomic E-state index is 11.5. The predicted octanol–water partition coefficient (Wildman–Crippen LogP) is 2.19. The molecule has 10 heteroatoms. The maximum atomic E-state index is 11.5. The number of esters is 1. The summed E-state index contributed by atoms with van der Waals surface area (Å²) in [4.78, 5) is 28.8. The van der Waals surface area contributed by atoms with Crippen LogP contribution in [-0.2, 0) is 9.53 Å². The number of rotatable bonds is 8. The van der Waals surface area contributed by atoms with Crippen LogP contribution in [-0.4, -0.2) is 54.8 Å². The van der Waals surface area contributed by atoms with Gasteiger partial charge in [-0.15, -0.1) is 0 Å². The minimum atomic E-state index is -1.29. The van der Waals surface area contributed by atoms with Crippen molar-refractivity contribution in [3.05, 3.63) is 30.4 Å². The van der Waals surface area contributed by atoms with Gasteiger partial charge in [-0.25, -0.2) is 19.7 Å². The summed E-state index contributed by atoms with van der Waals surface area (Å²) in [5.41, 5.74) is 1.82. The Bertz CT molecular complexity index is 1000. The molecule has 10 nitrogen and oxygen atoms in total. The van der Waals surface area contributed by atoms with Crippen molar-refractivity contribution in [1.82, 2.24) is 24.5 Å². The molecule has 29 heavy (non-hydrogen) atoms. The van der Waals surface area contributed by atoms with E-state index in [0.29, 0.717) is 11.6 Å². The molecule has 3 rings (SSSR count). The maximum Gasteiger partial charge on any atom is 0.336 e. The number of aromatic nitrogens is 5. The van der Waals surface area contributed by atoms with Crippen LogP contribution in [0.25, 0.3) is 11.0 Å². The zero-order valence-electron chi connectivity index (χ0n) is 16.9. The van der Waals surface area contributed by atoms with E-state index in [2.05, 4.69) is 49.0 Å². The zero-order chi connectivity index (χ0) is 21.0. The lowest BCUT2D eigenvalue weighted by Gasteiger charge is -2.12. The van der Waals surface area contributed by atoms with Crippen molar-refractivity contribution in [3.63, 3.8) is 0 Å². The summed E-state index contributed by atoms with van der Waals surface area (Å²) < 4.78 is 6.91. The predicted molar refractivity (Wildman–Crippen MR) is 109 cm³/mol. The van der Waals surface area contributed by atoms with Crippen molar-refractivity contribution < 1.29 is 14.6 Å². The first kappa shape index (κ1) is 20.5. The largest absolute Gasteiger partial charge is 0.464 e. The Hall–Kier alpha value is -3.27. The van der Waals surface area contributed by atoms with Gasteiger partial charge in [-0.05, 0) is 33.8 Å². The monoisotopic (exact) mass is 399 g/mol. The average molecular weight is 399 g/mol. The van der Waals surface area contributed by atoms with Crippen LogP contribution < -0.4 is 10.6 Å². The Morgan fingerprint density at radius 2 is 2.07 bits per heavy atom. The van der Waals surface area contributed by atoms with E-state index in [1.165, 1.54) is 0 Å². The molecule has 0 spiro atoms. The average Bonchev–Trinajstić information content (AvgIpc) is 3.01. The molecule has 0 saturated carbocycles. The zero-order valence-corrected chi connectivity index (χ0v) is 16.9. The second kappa shape index (κ2) is 8.82. The van der Waals surface area contributed by atoms with Gasteiger partial charge >= 0.3 is 5.97 Å². The Labute approximate surface area is 168 Å². The van der Waals surface area contributed by atoms with Gasteiger partial charge in [-0.1, -0.05) is 0 Å². The Balaban J connectivity index is 1.73. The number of fused-ring (bicyclic) bond motifs is 1. The number of nitrogens with zero attached hydrogens (tertiary/aromatic N) is 5. The number of aryl methyl sites for hydroxylation is 1. The molecular formula is C19H25N7O3. The van der Waals surface area contributed by atoms with Crippen LogP contribution >= 0.6 is 0 Å². The van der Waals surface area contributed by atoms with E-state index in [1.54, 1.807) is 25.4 Å². The van der Waals surface area contributed by atoms with Crippen molar-refractivity contribution in [2.75, 3.05) is 23.8 Å². The summed E-state index contributed by atoms with van der Waals surface area (Å²) in [5, 5.41) is 15.7. The highest BCUT2D eigenvalue weighted by molar-refractivity contribution is 5.79. The summed E-state index contributed by atoms with van der Waals surface area (Å²) in [7, 11) is 0. The minimum Gasteiger partial charge on any atom is -0.464 e. The highest BCUT2D eigenvalue weighted by atomic mass is 16.5. The fourth-order valence-corrected chi connectivity index (χ4v) is 2.99. The molecule has 0 bridgehead atoms. The van der Waals surface area contributed by atoms with Gasteiger partial charge < -0.3 is 25.0 Å². The van der Waals surface area contributed by atoms with E-state index in [9.17, 15) is 9.90 Å². The first-order chi connectivity index (χ1) is 13.9. The fraction of sp³-hybridized carbons (Fsp3) is 0.421. The SMILES string of the molecule is CCOC(=O)C(O)CNc1nccc(Nc2cc3c(cn2)nc(C)n3C(C)C)n1. The molecule has 0 aromatic carbocycles. The van der Waals surface area contributed by atoms with E-state index in [1.807, 2.05) is 13.0 Å². The molecular weight excluding hydrogens is 374 g/mol. The fourth-order valence-electron chi connectivity index (χ4n) is 2.99. The number of hydrogen-bond acceptors (Lipinski definition) is 9. The highest BCUT2D eigenvalue weighted by Crippen LogP contribution is 2.23. The van der Waals surface area contributed by atoms with E-state index < -0.39 is 12.1 Å². The quantitative estimate of drug-likeness (QED) is 0.488. The number of hydrogen-bond donors (Lipinski definition) is 3. The highest BCUT2D eigenvalue weighted by Gasteiger charge is 2.16. The van der Waals surface area contributed by atoms with Crippen LogP contribution in [0.3, 0.4) is 0 Å². The van der Waals surface area contributed by atoms with Crippen molar-refractivity contribution in [2.24, 2.45) is 0 Å². The van der Waals surface area contributed by atoms with Crippen LogP contribution in [0, 0.1) is 6.92 Å². The summed E-state index contributed by atoms with van der Waals surface area (Å²) in [6.07, 6.45) is 1.99. The van der Waals surface area contributed by atoms with Crippen LogP contribution in [0.15, 0.2) is 24.5 Å². The van der Waals surface area contributed by atoms with Crippen LogP contribution in [0.1, 0.15) is 32.6 Å². The molecule has 0 radical (unpaired) electrons. The number of aliphatic hydroxyl groups is 1. The number of ether oxygens (including phenoxy) is 1. The second-order valence-electron chi connectivity index (χ2n) is 6.72. The molecule has 0 aliphatic rings. The molecule has 3 aromatic rings. The topological polar surface area (TPSA) is 127 Å². The van der Waals surface area contributed by atoms with E-state index in [0.717, 1.165) is 16.9 Å². The molecule has 0 aliphatic carbocycles. The number of carbonyl (C=O) groups is 1. The van der Waals surface area contributed by atoms with Crippen molar-refractivity contribution in [1.29, 1.82) is 0 Å². The van der Waals surface area contributed by atoms with Crippen LogP contribution in [0.4, 0.5) is 17.6 Å². The molecule has 1 unspecified atom stereocenters. The van der Waals surface area contributed by atoms with Gasteiger partial charge in [0, 0.05) is 18.3 Å². The molecule has 0 fully saturated rings. The summed E-state index contributed by atoms with van der Waals surface area (Å²) in [5.74, 6) is 1.65. The van der Waals surface area contributed by atoms with E-state index >= 15 is 0 Å². The molecule has 0 saturated heterocycles. The molecule has 0 aliphatic heterocycles. The third-order valence-electron chi connectivity index (χ3n) is 4.19. The van der Waals surface area contributed by atoms with Gasteiger partial charge in [0.05, 0.1) is 24.9 Å². The molecule has 3 N–H and O–H groups in total. The first-order valence-electron chi connectivity index (χ1n) is 9.42. The van der Waals surface area contributed by atoms with Gasteiger partial charge in [0.25, 0.3) is 0 Å². The third-order valence-corrected chi connectivity index (χ3v) is 4.19. The number of pyridine rings is 1. The van der Waals surface area contributed by atoms with Gasteiger partial charge in [0.1, 0.15) is 23.0 Å². The lowest BCUT2D eigenvalue weighted by atomic mass is 10.3. The standard InChI is InChI=1S/C19H25N7O3/c1-5-29-18(28)15(27)10-22-19-20-7-6-16(25-19)24-17-8-14-13(9-21-17)23-12(4)26(14)11(2)3/h6-9,11,15,27H,5,10H2,1-4H3,(H2,20,21,22,24,25). The minimum absolute atomic E-state index is 0.0562. The van der Waals surface area contributed by atoms with E-state index in [-0.39, 0.29) is 25.1 Å². The Kier molecular flexibility index (Phi) is 6.23. The van der Waals surface area contributed by atoms with E-state index in [4.69, 9.17) is 4.74 Å². The Morgan fingerprint density at radius 1 is 1.28 bits per heavy atom. The number of anilines is 3. The molecule has 154 valence electrons. The number of nitrogens with one attached hydrogen (secondary N) is 2. The first-order valence-corrected chi connectivity index (χ1v) is 9.42. The summed E-state index contributed by atoms with van der Waals surface area (Å²) in [6.45, 7) is 8.01. The third kappa shape index (κ3) is 4.77. The van der Waals surface area contributed by atoms with Crippen LogP contribution in [0.2, 0.25) is 0 Å². The van der Waals surface area contributed by atoms with Gasteiger partial charge in [0.2, 0.25) is 5.95 Å². The van der Waals surface area contributed by atoms with Gasteiger partial charge in [0.15, 0.2) is 6.10 Å². The Morgan fingerprint density at radius 3 is 2.79 bits per heavy atom.